The van der Waals surface area contributed by atoms with Crippen molar-refractivity contribution in [3.63, 3.8) is 0 Å². The predicted molar refractivity (Wildman–Crippen MR) is 64.7 cm³/mol. The van der Waals surface area contributed by atoms with Crippen LogP contribution < -0.4 is 10.6 Å². The van der Waals surface area contributed by atoms with Crippen molar-refractivity contribution in [1.29, 1.82) is 0 Å². The second kappa shape index (κ2) is 6.80. The molecule has 0 aliphatic heterocycles. The maximum absolute atomic E-state index is 11.5. The molecule has 2 amide bonds. The topological polar surface area (TPSA) is 87.1 Å². The number of aryl methyl sites for hydroxylation is 1. The first kappa shape index (κ1) is 13.4. The minimum Gasteiger partial charge on any atom is -0.396 e. The summed E-state index contributed by atoms with van der Waals surface area (Å²) in [6.07, 6.45) is 4.43. The summed E-state index contributed by atoms with van der Waals surface area (Å²) in [6, 6.07) is -0.394. The van der Waals surface area contributed by atoms with Crippen LogP contribution >= 0.6 is 0 Å². The van der Waals surface area contributed by atoms with Crippen LogP contribution in [-0.2, 0) is 6.42 Å². The Morgan fingerprint density at radius 2 is 2.12 bits per heavy atom. The molecule has 6 nitrogen and oxygen atoms in total. The second-order valence-corrected chi connectivity index (χ2v) is 3.75. The summed E-state index contributed by atoms with van der Waals surface area (Å²) in [5, 5.41) is 14.0. The summed E-state index contributed by atoms with van der Waals surface area (Å²) >= 11 is 0. The van der Waals surface area contributed by atoms with Gasteiger partial charge >= 0.3 is 6.03 Å². The van der Waals surface area contributed by atoms with Gasteiger partial charge in [0.05, 0.1) is 18.1 Å². The van der Waals surface area contributed by atoms with Gasteiger partial charge in [-0.25, -0.2) is 14.8 Å². The molecule has 1 rings (SSSR count). The van der Waals surface area contributed by atoms with Crippen molar-refractivity contribution in [3.8, 4) is 0 Å². The van der Waals surface area contributed by atoms with Crippen LogP contribution in [0.15, 0.2) is 12.4 Å². The molecule has 0 fully saturated rings. The van der Waals surface area contributed by atoms with Gasteiger partial charge in [-0.3, -0.25) is 0 Å². The first-order valence-corrected chi connectivity index (χ1v) is 5.65. The summed E-state index contributed by atoms with van der Waals surface area (Å²) in [4.78, 5) is 19.6. The molecular weight excluding hydrogens is 220 g/mol. The van der Waals surface area contributed by atoms with Crippen molar-refractivity contribution in [2.24, 2.45) is 0 Å². The average molecular weight is 238 g/mol. The van der Waals surface area contributed by atoms with Crippen LogP contribution in [0.2, 0.25) is 0 Å². The highest BCUT2D eigenvalue weighted by Gasteiger charge is 2.06. The minimum atomic E-state index is -0.321. The van der Waals surface area contributed by atoms with E-state index in [1.807, 2.05) is 13.8 Å². The molecule has 0 saturated heterocycles. The van der Waals surface area contributed by atoms with Crippen LogP contribution in [0.5, 0.6) is 0 Å². The monoisotopic (exact) mass is 238 g/mol. The van der Waals surface area contributed by atoms with E-state index in [1.165, 1.54) is 0 Å². The number of urea groups is 1. The number of anilines is 1. The summed E-state index contributed by atoms with van der Waals surface area (Å²) in [5.74, 6) is 0.740. The molecular formula is C11H18N4O2. The third kappa shape index (κ3) is 4.78. The van der Waals surface area contributed by atoms with Crippen LogP contribution in [0.25, 0.3) is 0 Å². The average Bonchev–Trinajstić information content (AvgIpc) is 2.30. The Labute approximate surface area is 100 Å². The Balaban J connectivity index is 2.44. The van der Waals surface area contributed by atoms with Crippen molar-refractivity contribution in [1.82, 2.24) is 15.3 Å². The lowest BCUT2D eigenvalue weighted by Gasteiger charge is -2.13. The Bertz CT molecular complexity index is 353. The lowest BCUT2D eigenvalue weighted by atomic mass is 10.2. The van der Waals surface area contributed by atoms with E-state index in [0.717, 1.165) is 12.2 Å². The predicted octanol–water partition coefficient (Wildman–Crippen LogP) is 0.931. The van der Waals surface area contributed by atoms with Gasteiger partial charge in [-0.2, -0.15) is 0 Å². The fraction of sp³-hybridized carbons (Fsp3) is 0.545. The normalized spacial score (nSPS) is 11.9. The zero-order chi connectivity index (χ0) is 12.7. The minimum absolute atomic E-state index is 0.0513. The van der Waals surface area contributed by atoms with Gasteiger partial charge in [0.1, 0.15) is 5.82 Å². The van der Waals surface area contributed by atoms with Gasteiger partial charge in [0.25, 0.3) is 0 Å². The molecule has 1 aromatic rings. The van der Waals surface area contributed by atoms with Gasteiger partial charge in [-0.05, 0) is 13.3 Å². The molecule has 0 bridgehead atoms. The van der Waals surface area contributed by atoms with Gasteiger partial charge < -0.3 is 15.7 Å². The first-order chi connectivity index (χ1) is 8.15. The van der Waals surface area contributed by atoms with Gasteiger partial charge in [0.15, 0.2) is 0 Å². The largest absolute Gasteiger partial charge is 0.396 e. The quantitative estimate of drug-likeness (QED) is 0.712. The fourth-order valence-corrected chi connectivity index (χ4v) is 1.26. The highest BCUT2D eigenvalue weighted by Crippen LogP contribution is 2.03. The third-order valence-corrected chi connectivity index (χ3v) is 2.22. The SMILES string of the molecule is CCc1ncc(NC(=O)N[C@H](C)CCO)cn1. The van der Waals surface area contributed by atoms with E-state index in [1.54, 1.807) is 12.4 Å². The zero-order valence-corrected chi connectivity index (χ0v) is 10.1. The molecule has 1 aromatic heterocycles. The number of rotatable bonds is 5. The van der Waals surface area contributed by atoms with Crippen LogP contribution in [0.4, 0.5) is 10.5 Å². The fourth-order valence-electron chi connectivity index (χ4n) is 1.26. The molecule has 6 heteroatoms. The first-order valence-electron chi connectivity index (χ1n) is 5.65. The van der Waals surface area contributed by atoms with Crippen LogP contribution in [-0.4, -0.2) is 33.8 Å². The van der Waals surface area contributed by atoms with Gasteiger partial charge in [0.2, 0.25) is 0 Å². The van der Waals surface area contributed by atoms with Crippen molar-refractivity contribution in [2.45, 2.75) is 32.7 Å². The highest BCUT2D eigenvalue weighted by molar-refractivity contribution is 5.88. The number of amides is 2. The van der Waals surface area contributed by atoms with Crippen LogP contribution in [0, 0.1) is 0 Å². The van der Waals surface area contributed by atoms with E-state index in [0.29, 0.717) is 12.1 Å². The zero-order valence-electron chi connectivity index (χ0n) is 10.1. The van der Waals surface area contributed by atoms with E-state index >= 15 is 0 Å². The standard InChI is InChI=1S/C11H18N4O2/c1-3-10-12-6-9(7-13-10)15-11(17)14-8(2)4-5-16/h6-8,16H,3-5H2,1-2H3,(H2,14,15,17)/t8-/m1/s1. The summed E-state index contributed by atoms with van der Waals surface area (Å²) in [7, 11) is 0. The number of aliphatic hydroxyl groups is 1. The van der Waals surface area contributed by atoms with Crippen molar-refractivity contribution >= 4 is 11.7 Å². The van der Waals surface area contributed by atoms with E-state index in [9.17, 15) is 4.79 Å². The molecule has 0 unspecified atom stereocenters. The highest BCUT2D eigenvalue weighted by atomic mass is 16.3. The Morgan fingerprint density at radius 3 is 2.65 bits per heavy atom. The number of carbonyl (C=O) groups is 1. The molecule has 0 spiro atoms. The van der Waals surface area contributed by atoms with Gasteiger partial charge in [-0.15, -0.1) is 0 Å². The molecule has 0 aromatic carbocycles. The summed E-state index contributed by atoms with van der Waals surface area (Å²) < 4.78 is 0. The Kier molecular flexibility index (Phi) is 5.35. The van der Waals surface area contributed by atoms with Gasteiger partial charge in [0, 0.05) is 19.1 Å². The molecule has 0 aliphatic carbocycles. The molecule has 0 saturated carbocycles. The number of hydrogen-bond donors (Lipinski definition) is 3. The third-order valence-electron chi connectivity index (χ3n) is 2.22. The Hall–Kier alpha value is -1.69. The van der Waals surface area contributed by atoms with Crippen molar-refractivity contribution < 1.29 is 9.90 Å². The van der Waals surface area contributed by atoms with Crippen LogP contribution in [0.3, 0.4) is 0 Å². The van der Waals surface area contributed by atoms with E-state index < -0.39 is 0 Å². The number of nitrogens with one attached hydrogen (secondary N) is 2. The molecule has 0 aliphatic rings. The number of hydrogen-bond acceptors (Lipinski definition) is 4. The Morgan fingerprint density at radius 1 is 1.47 bits per heavy atom. The summed E-state index contributed by atoms with van der Waals surface area (Å²) in [6.45, 7) is 3.84. The smallest absolute Gasteiger partial charge is 0.319 e. The van der Waals surface area contributed by atoms with E-state index in [2.05, 4.69) is 20.6 Å². The number of nitrogens with zero attached hydrogens (tertiary/aromatic N) is 2. The molecule has 3 N–H and O–H groups in total. The lowest BCUT2D eigenvalue weighted by molar-refractivity contribution is 0.241. The second-order valence-electron chi connectivity index (χ2n) is 3.75. The maximum Gasteiger partial charge on any atom is 0.319 e. The van der Waals surface area contributed by atoms with E-state index in [4.69, 9.17) is 5.11 Å². The van der Waals surface area contributed by atoms with Crippen LogP contribution in [0.1, 0.15) is 26.1 Å². The van der Waals surface area contributed by atoms with E-state index in [-0.39, 0.29) is 18.7 Å². The van der Waals surface area contributed by atoms with Gasteiger partial charge in [-0.1, -0.05) is 6.92 Å². The molecule has 0 radical (unpaired) electrons. The number of aliphatic hydroxyl groups excluding tert-OH is 1. The van der Waals surface area contributed by atoms with Crippen molar-refractivity contribution in [3.05, 3.63) is 18.2 Å². The molecule has 17 heavy (non-hydrogen) atoms. The number of aromatic nitrogens is 2. The molecule has 1 heterocycles. The summed E-state index contributed by atoms with van der Waals surface area (Å²) in [5.41, 5.74) is 0.552. The molecule has 1 atom stereocenters. The number of carbonyl (C=O) groups excluding carboxylic acids is 1. The lowest BCUT2D eigenvalue weighted by Crippen LogP contribution is -2.36. The maximum atomic E-state index is 11.5. The molecule has 94 valence electrons. The van der Waals surface area contributed by atoms with Crippen molar-refractivity contribution in [2.75, 3.05) is 11.9 Å².